The number of benzene rings is 1. The molecule has 0 aliphatic rings. The van der Waals surface area contributed by atoms with Crippen LogP contribution in [-0.2, 0) is 0 Å². The van der Waals surface area contributed by atoms with Gasteiger partial charge in [0.1, 0.15) is 0 Å². The number of rotatable bonds is 5. The van der Waals surface area contributed by atoms with Crippen LogP contribution < -0.4 is 5.32 Å². The van der Waals surface area contributed by atoms with Crippen LogP contribution in [0.25, 0.3) is 10.1 Å². The van der Waals surface area contributed by atoms with Crippen LogP contribution in [0.5, 0.6) is 0 Å². The van der Waals surface area contributed by atoms with E-state index in [1.165, 1.54) is 20.5 Å². The molecule has 0 bridgehead atoms. The SMILES string of the molecule is CSC(C)CNC(C)c1sc2ccccc2c1C. The summed E-state index contributed by atoms with van der Waals surface area (Å²) in [5, 5.41) is 5.72. The minimum absolute atomic E-state index is 0.442. The summed E-state index contributed by atoms with van der Waals surface area (Å²) in [5.41, 5.74) is 1.44. The van der Waals surface area contributed by atoms with Crippen LogP contribution in [0.1, 0.15) is 30.3 Å². The molecule has 2 rings (SSSR count). The summed E-state index contributed by atoms with van der Waals surface area (Å²) in [6.07, 6.45) is 2.17. The van der Waals surface area contributed by atoms with E-state index in [0.29, 0.717) is 11.3 Å². The first-order valence-corrected chi connectivity index (χ1v) is 8.48. The second-order valence-corrected chi connectivity index (χ2v) is 7.12. The molecule has 1 heterocycles. The van der Waals surface area contributed by atoms with Gasteiger partial charge in [-0.05, 0) is 37.1 Å². The topological polar surface area (TPSA) is 12.0 Å². The Labute approximate surface area is 118 Å². The maximum atomic E-state index is 3.64. The van der Waals surface area contributed by atoms with E-state index in [1.807, 2.05) is 23.1 Å². The molecule has 0 radical (unpaired) electrons. The van der Waals surface area contributed by atoms with Crippen LogP contribution in [0.4, 0.5) is 0 Å². The third-order valence-corrected chi connectivity index (χ3v) is 5.81. The molecule has 18 heavy (non-hydrogen) atoms. The van der Waals surface area contributed by atoms with Crippen LogP contribution in [0.3, 0.4) is 0 Å². The van der Waals surface area contributed by atoms with E-state index in [1.54, 1.807) is 0 Å². The summed E-state index contributed by atoms with van der Waals surface area (Å²) < 4.78 is 1.40. The van der Waals surface area contributed by atoms with Gasteiger partial charge >= 0.3 is 0 Å². The zero-order valence-electron chi connectivity index (χ0n) is 11.5. The van der Waals surface area contributed by atoms with Crippen LogP contribution in [0.2, 0.25) is 0 Å². The zero-order valence-corrected chi connectivity index (χ0v) is 13.1. The summed E-state index contributed by atoms with van der Waals surface area (Å²) >= 11 is 3.83. The van der Waals surface area contributed by atoms with E-state index in [-0.39, 0.29) is 0 Å². The molecule has 2 atom stereocenters. The fourth-order valence-electron chi connectivity index (χ4n) is 2.13. The van der Waals surface area contributed by atoms with E-state index in [4.69, 9.17) is 0 Å². The molecule has 0 aliphatic carbocycles. The number of aryl methyl sites for hydroxylation is 1. The Hall–Kier alpha value is -0.510. The van der Waals surface area contributed by atoms with Gasteiger partial charge in [0.25, 0.3) is 0 Å². The van der Waals surface area contributed by atoms with E-state index in [0.717, 1.165) is 6.54 Å². The lowest BCUT2D eigenvalue weighted by atomic mass is 10.1. The molecule has 3 heteroatoms. The Bertz CT molecular complexity index is 518. The van der Waals surface area contributed by atoms with Crippen molar-refractivity contribution in [1.82, 2.24) is 5.32 Å². The van der Waals surface area contributed by atoms with Crippen LogP contribution in [0.15, 0.2) is 24.3 Å². The monoisotopic (exact) mass is 279 g/mol. The molecule has 1 nitrogen and oxygen atoms in total. The maximum Gasteiger partial charge on any atom is 0.0389 e. The van der Waals surface area contributed by atoms with Gasteiger partial charge in [-0.15, -0.1) is 11.3 Å². The summed E-state index contributed by atoms with van der Waals surface area (Å²) in [5.74, 6) is 0. The van der Waals surface area contributed by atoms with Crippen molar-refractivity contribution in [2.45, 2.75) is 32.1 Å². The van der Waals surface area contributed by atoms with E-state index in [9.17, 15) is 0 Å². The predicted octanol–water partition coefficient (Wildman–Crippen LogP) is 4.61. The fraction of sp³-hybridized carbons (Fsp3) is 0.467. The third kappa shape index (κ3) is 2.90. The highest BCUT2D eigenvalue weighted by Gasteiger charge is 2.14. The molecule has 98 valence electrons. The Morgan fingerprint density at radius 2 is 2.00 bits per heavy atom. The molecule has 0 amide bonds. The minimum Gasteiger partial charge on any atom is -0.308 e. The standard InChI is InChI=1S/C15H21NS2/c1-10(17-4)9-16-12(3)15-11(2)13-7-5-6-8-14(13)18-15/h5-8,10,12,16H,9H2,1-4H3. The molecule has 0 spiro atoms. The molecule has 1 N–H and O–H groups in total. The van der Waals surface area contributed by atoms with Gasteiger partial charge in [0.2, 0.25) is 0 Å². The summed E-state index contributed by atoms with van der Waals surface area (Å²) in [7, 11) is 0. The van der Waals surface area contributed by atoms with Gasteiger partial charge in [0.05, 0.1) is 0 Å². The number of hydrogen-bond acceptors (Lipinski definition) is 3. The first kappa shape index (κ1) is 13.9. The summed E-state index contributed by atoms with van der Waals surface area (Å²) in [6.45, 7) is 7.84. The van der Waals surface area contributed by atoms with Crippen molar-refractivity contribution in [2.75, 3.05) is 12.8 Å². The number of thiophene rings is 1. The molecule has 2 unspecified atom stereocenters. The third-order valence-electron chi connectivity index (χ3n) is 3.39. The van der Waals surface area contributed by atoms with Crippen molar-refractivity contribution in [1.29, 1.82) is 0 Å². The van der Waals surface area contributed by atoms with Crippen molar-refractivity contribution < 1.29 is 0 Å². The smallest absolute Gasteiger partial charge is 0.0389 e. The highest BCUT2D eigenvalue weighted by molar-refractivity contribution is 7.99. The Balaban J connectivity index is 2.17. The molecular formula is C15H21NS2. The lowest BCUT2D eigenvalue weighted by molar-refractivity contribution is 0.582. The number of nitrogens with one attached hydrogen (secondary N) is 1. The summed E-state index contributed by atoms with van der Waals surface area (Å²) in [6, 6.07) is 9.13. The van der Waals surface area contributed by atoms with Gasteiger partial charge in [-0.2, -0.15) is 11.8 Å². The lowest BCUT2D eigenvalue weighted by Gasteiger charge is -2.16. The highest BCUT2D eigenvalue weighted by Crippen LogP contribution is 2.34. The molecule has 1 aromatic carbocycles. The van der Waals surface area contributed by atoms with Crippen molar-refractivity contribution in [2.24, 2.45) is 0 Å². The Kier molecular flexibility index (Phi) is 4.71. The number of hydrogen-bond donors (Lipinski definition) is 1. The second-order valence-electron chi connectivity index (χ2n) is 4.76. The van der Waals surface area contributed by atoms with Gasteiger partial charge < -0.3 is 5.32 Å². The van der Waals surface area contributed by atoms with Crippen LogP contribution >= 0.6 is 23.1 Å². The zero-order chi connectivity index (χ0) is 13.1. The van der Waals surface area contributed by atoms with Gasteiger partial charge in [-0.25, -0.2) is 0 Å². The lowest BCUT2D eigenvalue weighted by Crippen LogP contribution is -2.25. The second kappa shape index (κ2) is 6.09. The first-order chi connectivity index (χ1) is 8.63. The number of thioether (sulfide) groups is 1. The van der Waals surface area contributed by atoms with E-state index >= 15 is 0 Å². The number of fused-ring (bicyclic) bond motifs is 1. The average Bonchev–Trinajstić information content (AvgIpc) is 2.73. The fourth-order valence-corrected chi connectivity index (χ4v) is 3.63. The molecule has 0 saturated heterocycles. The average molecular weight is 279 g/mol. The van der Waals surface area contributed by atoms with Crippen molar-refractivity contribution in [3.63, 3.8) is 0 Å². The minimum atomic E-state index is 0.442. The van der Waals surface area contributed by atoms with Crippen LogP contribution in [0, 0.1) is 6.92 Å². The van der Waals surface area contributed by atoms with Gasteiger partial charge in [0.15, 0.2) is 0 Å². The van der Waals surface area contributed by atoms with Gasteiger partial charge in [-0.1, -0.05) is 25.1 Å². The first-order valence-electron chi connectivity index (χ1n) is 6.37. The normalized spacial score (nSPS) is 14.9. The molecule has 0 aliphatic heterocycles. The Morgan fingerprint density at radius 1 is 1.28 bits per heavy atom. The summed E-state index contributed by atoms with van der Waals surface area (Å²) in [4.78, 5) is 1.48. The molecule has 1 aromatic heterocycles. The largest absolute Gasteiger partial charge is 0.308 e. The molecular weight excluding hydrogens is 258 g/mol. The van der Waals surface area contributed by atoms with Crippen LogP contribution in [-0.4, -0.2) is 18.1 Å². The van der Waals surface area contributed by atoms with Crippen molar-refractivity contribution in [3.05, 3.63) is 34.7 Å². The van der Waals surface area contributed by atoms with Crippen molar-refractivity contribution in [3.8, 4) is 0 Å². The van der Waals surface area contributed by atoms with Gasteiger partial charge in [-0.3, -0.25) is 0 Å². The molecule has 2 aromatic rings. The highest BCUT2D eigenvalue weighted by atomic mass is 32.2. The maximum absolute atomic E-state index is 3.64. The van der Waals surface area contributed by atoms with E-state index in [2.05, 4.69) is 56.6 Å². The van der Waals surface area contributed by atoms with E-state index < -0.39 is 0 Å². The van der Waals surface area contributed by atoms with Crippen molar-refractivity contribution >= 4 is 33.2 Å². The predicted molar refractivity (Wildman–Crippen MR) is 86.0 cm³/mol. The molecule has 0 saturated carbocycles. The Morgan fingerprint density at radius 3 is 2.67 bits per heavy atom. The molecule has 0 fully saturated rings. The quantitative estimate of drug-likeness (QED) is 0.857. The van der Waals surface area contributed by atoms with Gasteiger partial charge in [0, 0.05) is 27.4 Å².